The van der Waals surface area contributed by atoms with E-state index in [1.165, 1.54) is 52.4 Å². The second kappa shape index (κ2) is 6.22. The second-order valence-corrected chi connectivity index (χ2v) is 8.93. The largest absolute Gasteiger partial charge is 0.367 e. The van der Waals surface area contributed by atoms with Crippen LogP contribution in [0.5, 0.6) is 0 Å². The molecule has 1 N–H and O–H groups in total. The van der Waals surface area contributed by atoms with E-state index in [0.717, 1.165) is 18.1 Å². The molecule has 0 unspecified atom stereocenters. The molecular formula is C21H23ClN2S. The van der Waals surface area contributed by atoms with Gasteiger partial charge in [-0.15, -0.1) is 11.8 Å². The zero-order chi connectivity index (χ0) is 17.0. The number of anilines is 1. The van der Waals surface area contributed by atoms with Crippen LogP contribution in [0.15, 0.2) is 35.2 Å². The standard InChI is InChI=1S/C21H23ClN2S/c1-13-15(4-2-5-18(13)22)14-10-16-17-12-23-7-6-19(17)24-8-3-9-25-20(11-14)21(16)24/h2,4-5,10-11,17,19,23H,3,6-9,12H2,1H3/t17-,19-/m0/s1. The average molecular weight is 371 g/mol. The van der Waals surface area contributed by atoms with Gasteiger partial charge < -0.3 is 10.2 Å². The molecule has 0 aromatic heterocycles. The Kier molecular flexibility index (Phi) is 3.99. The number of fused-ring (bicyclic) bond motifs is 3. The lowest BCUT2D eigenvalue weighted by Gasteiger charge is -2.33. The fraction of sp³-hybridized carbons (Fsp3) is 0.429. The van der Waals surface area contributed by atoms with Crippen LogP contribution in [-0.4, -0.2) is 31.4 Å². The van der Waals surface area contributed by atoms with Crippen LogP contribution in [0, 0.1) is 6.92 Å². The SMILES string of the molecule is Cc1c(Cl)cccc1-c1cc2c3c(c1)[C@@H]1CNCC[C@@H]1N3CCCS2. The topological polar surface area (TPSA) is 15.3 Å². The van der Waals surface area contributed by atoms with Crippen LogP contribution < -0.4 is 10.2 Å². The van der Waals surface area contributed by atoms with Gasteiger partial charge in [0, 0.05) is 35.0 Å². The molecule has 3 aliphatic rings. The molecule has 1 fully saturated rings. The fourth-order valence-electron chi connectivity index (χ4n) is 4.80. The second-order valence-electron chi connectivity index (χ2n) is 7.39. The predicted molar refractivity (Wildman–Crippen MR) is 108 cm³/mol. The normalized spacial score (nSPS) is 24.6. The molecule has 4 heteroatoms. The number of piperidine rings is 1. The summed E-state index contributed by atoms with van der Waals surface area (Å²) in [4.78, 5) is 4.20. The third kappa shape index (κ3) is 2.51. The van der Waals surface area contributed by atoms with Gasteiger partial charge >= 0.3 is 0 Å². The van der Waals surface area contributed by atoms with E-state index in [1.807, 2.05) is 17.8 Å². The fourth-order valence-corrected chi connectivity index (χ4v) is 6.05. The van der Waals surface area contributed by atoms with Crippen molar-refractivity contribution in [3.05, 3.63) is 46.5 Å². The minimum atomic E-state index is 0.626. The summed E-state index contributed by atoms with van der Waals surface area (Å²) in [5.41, 5.74) is 6.87. The van der Waals surface area contributed by atoms with Crippen molar-refractivity contribution in [1.29, 1.82) is 0 Å². The summed E-state index contributed by atoms with van der Waals surface area (Å²) in [6.07, 6.45) is 2.54. The summed E-state index contributed by atoms with van der Waals surface area (Å²) >= 11 is 8.44. The van der Waals surface area contributed by atoms with Crippen LogP contribution in [0.1, 0.15) is 29.9 Å². The molecule has 5 rings (SSSR count). The summed E-state index contributed by atoms with van der Waals surface area (Å²) in [7, 11) is 0. The van der Waals surface area contributed by atoms with Crippen LogP contribution in [0.2, 0.25) is 5.02 Å². The van der Waals surface area contributed by atoms with Crippen LogP contribution in [-0.2, 0) is 0 Å². The Labute approximate surface area is 158 Å². The van der Waals surface area contributed by atoms with Gasteiger partial charge in [0.1, 0.15) is 0 Å². The van der Waals surface area contributed by atoms with E-state index >= 15 is 0 Å². The first-order chi connectivity index (χ1) is 12.2. The van der Waals surface area contributed by atoms with Crippen molar-refractivity contribution in [2.75, 3.05) is 30.3 Å². The van der Waals surface area contributed by atoms with Gasteiger partial charge in [-0.2, -0.15) is 0 Å². The molecule has 0 saturated carbocycles. The molecule has 1 saturated heterocycles. The van der Waals surface area contributed by atoms with Crippen molar-refractivity contribution in [2.24, 2.45) is 0 Å². The van der Waals surface area contributed by atoms with Crippen molar-refractivity contribution >= 4 is 29.1 Å². The van der Waals surface area contributed by atoms with Crippen LogP contribution >= 0.6 is 23.4 Å². The molecule has 2 nitrogen and oxygen atoms in total. The Balaban J connectivity index is 1.70. The number of halogens is 1. The van der Waals surface area contributed by atoms with E-state index in [2.05, 4.69) is 41.4 Å². The minimum absolute atomic E-state index is 0.626. The Bertz CT molecular complexity index is 835. The Hall–Kier alpha value is -1.16. The zero-order valence-electron chi connectivity index (χ0n) is 14.5. The van der Waals surface area contributed by atoms with E-state index in [9.17, 15) is 0 Å². The maximum Gasteiger partial charge on any atom is 0.0544 e. The maximum atomic E-state index is 6.40. The van der Waals surface area contributed by atoms with Crippen molar-refractivity contribution in [1.82, 2.24) is 5.32 Å². The van der Waals surface area contributed by atoms with E-state index in [-0.39, 0.29) is 0 Å². The van der Waals surface area contributed by atoms with Gasteiger partial charge in [-0.25, -0.2) is 0 Å². The van der Waals surface area contributed by atoms with Gasteiger partial charge in [0.25, 0.3) is 0 Å². The van der Waals surface area contributed by atoms with E-state index in [4.69, 9.17) is 11.6 Å². The van der Waals surface area contributed by atoms with E-state index in [1.54, 1.807) is 5.56 Å². The Morgan fingerprint density at radius 1 is 1.28 bits per heavy atom. The third-order valence-corrected chi connectivity index (χ3v) is 7.54. The number of hydrogen-bond donors (Lipinski definition) is 1. The summed E-state index contributed by atoms with van der Waals surface area (Å²) < 4.78 is 0. The van der Waals surface area contributed by atoms with Crippen molar-refractivity contribution in [3.8, 4) is 11.1 Å². The van der Waals surface area contributed by atoms with E-state index in [0.29, 0.717) is 12.0 Å². The molecular weight excluding hydrogens is 348 g/mol. The number of nitrogens with one attached hydrogen (secondary N) is 1. The molecule has 25 heavy (non-hydrogen) atoms. The summed E-state index contributed by atoms with van der Waals surface area (Å²) in [5.74, 6) is 1.84. The smallest absolute Gasteiger partial charge is 0.0544 e. The summed E-state index contributed by atoms with van der Waals surface area (Å²) in [6, 6.07) is 11.8. The minimum Gasteiger partial charge on any atom is -0.367 e. The quantitative estimate of drug-likeness (QED) is 0.753. The van der Waals surface area contributed by atoms with Gasteiger partial charge in [-0.3, -0.25) is 0 Å². The first kappa shape index (κ1) is 16.0. The lowest BCUT2D eigenvalue weighted by atomic mass is 9.88. The zero-order valence-corrected chi connectivity index (χ0v) is 16.1. The summed E-state index contributed by atoms with van der Waals surface area (Å²) in [5, 5.41) is 4.48. The van der Waals surface area contributed by atoms with Crippen molar-refractivity contribution < 1.29 is 0 Å². The van der Waals surface area contributed by atoms with Gasteiger partial charge in [-0.1, -0.05) is 23.7 Å². The monoisotopic (exact) mass is 370 g/mol. The van der Waals surface area contributed by atoms with Crippen LogP contribution in [0.25, 0.3) is 11.1 Å². The highest BCUT2D eigenvalue weighted by Crippen LogP contribution is 2.51. The molecule has 0 aliphatic carbocycles. The molecule has 2 aromatic rings. The molecule has 2 atom stereocenters. The molecule has 3 aliphatic heterocycles. The van der Waals surface area contributed by atoms with Gasteiger partial charge in [0.15, 0.2) is 0 Å². The molecule has 0 radical (unpaired) electrons. The Morgan fingerprint density at radius 3 is 3.12 bits per heavy atom. The lowest BCUT2D eigenvalue weighted by Crippen LogP contribution is -2.44. The van der Waals surface area contributed by atoms with Crippen LogP contribution in [0.4, 0.5) is 5.69 Å². The molecule has 0 bridgehead atoms. The Morgan fingerprint density at radius 2 is 2.20 bits per heavy atom. The highest BCUT2D eigenvalue weighted by molar-refractivity contribution is 7.99. The number of thioether (sulfide) groups is 1. The molecule has 0 spiro atoms. The third-order valence-electron chi connectivity index (χ3n) is 6.02. The molecule has 130 valence electrons. The summed E-state index contributed by atoms with van der Waals surface area (Å²) in [6.45, 7) is 5.60. The first-order valence-electron chi connectivity index (χ1n) is 9.27. The number of benzene rings is 2. The average Bonchev–Trinajstić information content (AvgIpc) is 2.79. The van der Waals surface area contributed by atoms with Gasteiger partial charge in [0.05, 0.1) is 5.69 Å². The predicted octanol–water partition coefficient (Wildman–Crippen LogP) is 5.08. The van der Waals surface area contributed by atoms with E-state index < -0.39 is 0 Å². The van der Waals surface area contributed by atoms with Crippen LogP contribution in [0.3, 0.4) is 0 Å². The number of rotatable bonds is 1. The van der Waals surface area contributed by atoms with Gasteiger partial charge in [0.2, 0.25) is 0 Å². The molecule has 2 aromatic carbocycles. The molecule has 0 amide bonds. The lowest BCUT2D eigenvalue weighted by molar-refractivity contribution is 0.403. The number of nitrogens with zero attached hydrogens (tertiary/aromatic N) is 1. The molecule has 3 heterocycles. The van der Waals surface area contributed by atoms with Crippen molar-refractivity contribution in [3.63, 3.8) is 0 Å². The first-order valence-corrected chi connectivity index (χ1v) is 10.6. The van der Waals surface area contributed by atoms with Crippen molar-refractivity contribution in [2.45, 2.75) is 36.6 Å². The maximum absolute atomic E-state index is 6.40. The number of hydrogen-bond acceptors (Lipinski definition) is 3. The van der Waals surface area contributed by atoms with Gasteiger partial charge in [-0.05, 0) is 72.5 Å². The highest BCUT2D eigenvalue weighted by Gasteiger charge is 2.41. The highest BCUT2D eigenvalue weighted by atomic mass is 35.5.